The number of amides is 1. The highest BCUT2D eigenvalue weighted by atomic mass is 32.2. The molecule has 0 spiro atoms. The Labute approximate surface area is 134 Å². The van der Waals surface area contributed by atoms with E-state index in [4.69, 9.17) is 4.74 Å². The Kier molecular flexibility index (Phi) is 4.05. The van der Waals surface area contributed by atoms with Crippen LogP contribution in [0.1, 0.15) is 12.0 Å². The van der Waals surface area contributed by atoms with Crippen molar-refractivity contribution in [1.29, 1.82) is 0 Å². The fraction of sp³-hybridized carbons (Fsp3) is 0.286. The number of ether oxygens (including phenoxy) is 1. The molecule has 120 valence electrons. The first-order chi connectivity index (χ1) is 11.0. The van der Waals surface area contributed by atoms with E-state index in [0.29, 0.717) is 16.9 Å². The van der Waals surface area contributed by atoms with Crippen LogP contribution in [-0.2, 0) is 20.9 Å². The molecule has 1 amide bonds. The van der Waals surface area contributed by atoms with Crippen molar-refractivity contribution in [2.24, 2.45) is 0 Å². The van der Waals surface area contributed by atoms with Crippen molar-refractivity contribution in [2.75, 3.05) is 6.61 Å². The normalized spacial score (nSPS) is 19.4. The molecule has 1 fully saturated rings. The van der Waals surface area contributed by atoms with Gasteiger partial charge in [0.15, 0.2) is 0 Å². The Morgan fingerprint density at radius 3 is 2.70 bits per heavy atom. The summed E-state index contributed by atoms with van der Waals surface area (Å²) in [5.74, 6) is -0.858. The van der Waals surface area contributed by atoms with Crippen molar-refractivity contribution in [1.82, 2.24) is 4.90 Å². The number of rotatable bonds is 5. The number of nitrogens with zero attached hydrogens (tertiary/aromatic N) is 2. The lowest BCUT2D eigenvalue weighted by Gasteiger charge is -2.34. The second-order valence-corrected chi connectivity index (χ2v) is 6.24. The lowest BCUT2D eigenvalue weighted by atomic mass is 10.1. The molecule has 2 aliphatic rings. The van der Waals surface area contributed by atoms with Gasteiger partial charge in [0.25, 0.3) is 5.69 Å². The lowest BCUT2D eigenvalue weighted by molar-refractivity contribution is -0.384. The molecule has 3 rings (SSSR count). The minimum Gasteiger partial charge on any atom is -0.456 e. The zero-order valence-electron chi connectivity index (χ0n) is 11.8. The molecule has 1 atom stereocenters. The van der Waals surface area contributed by atoms with Crippen LogP contribution < -0.4 is 0 Å². The Morgan fingerprint density at radius 2 is 2.13 bits per heavy atom. The predicted octanol–water partition coefficient (Wildman–Crippen LogP) is 1.15. The molecule has 0 radical (unpaired) electrons. The first kappa shape index (κ1) is 15.5. The number of thioether (sulfide) groups is 1. The van der Waals surface area contributed by atoms with Gasteiger partial charge in [-0.3, -0.25) is 19.8 Å². The minimum atomic E-state index is -0.685. The van der Waals surface area contributed by atoms with E-state index >= 15 is 0 Å². The van der Waals surface area contributed by atoms with Crippen molar-refractivity contribution < 1.29 is 24.4 Å². The van der Waals surface area contributed by atoms with Gasteiger partial charge < -0.3 is 9.84 Å². The zero-order valence-corrected chi connectivity index (χ0v) is 12.6. The van der Waals surface area contributed by atoms with Gasteiger partial charge in [0.1, 0.15) is 12.3 Å². The van der Waals surface area contributed by atoms with Gasteiger partial charge in [-0.05, 0) is 17.7 Å². The molecule has 0 aromatic heterocycles. The summed E-state index contributed by atoms with van der Waals surface area (Å²) in [6, 6.07) is 5.63. The van der Waals surface area contributed by atoms with Crippen LogP contribution >= 0.6 is 11.8 Å². The van der Waals surface area contributed by atoms with Crippen molar-refractivity contribution in [3.05, 3.63) is 50.5 Å². The molecule has 8 nitrogen and oxygen atoms in total. The third-order valence-electron chi connectivity index (χ3n) is 3.54. The van der Waals surface area contributed by atoms with Crippen LogP contribution in [0.4, 0.5) is 5.69 Å². The average Bonchev–Trinajstić information content (AvgIpc) is 2.85. The molecule has 0 bridgehead atoms. The smallest absolute Gasteiger partial charge is 0.356 e. The molecule has 9 heteroatoms. The number of β-lactam (4-membered cyclic amide) rings is 1. The summed E-state index contributed by atoms with van der Waals surface area (Å²) in [6.45, 7) is -0.399. The monoisotopic (exact) mass is 336 g/mol. The topological polar surface area (TPSA) is 110 Å². The highest BCUT2D eigenvalue weighted by Gasteiger charge is 2.48. The number of aliphatic hydroxyl groups excluding tert-OH is 1. The number of hydrogen-bond acceptors (Lipinski definition) is 7. The van der Waals surface area contributed by atoms with Crippen LogP contribution in [0.5, 0.6) is 0 Å². The number of nitro groups is 1. The molecule has 0 saturated carbocycles. The average molecular weight is 336 g/mol. The van der Waals surface area contributed by atoms with E-state index in [1.807, 2.05) is 0 Å². The number of hydrogen-bond donors (Lipinski definition) is 1. The Balaban J connectivity index is 1.67. The van der Waals surface area contributed by atoms with E-state index in [-0.39, 0.29) is 35.9 Å². The number of carbonyl (C=O) groups is 2. The van der Waals surface area contributed by atoms with E-state index in [9.17, 15) is 24.8 Å². The highest BCUT2D eigenvalue weighted by Crippen LogP contribution is 2.46. The van der Waals surface area contributed by atoms with Gasteiger partial charge in [-0.25, -0.2) is 4.79 Å². The Bertz CT molecular complexity index is 714. The first-order valence-electron chi connectivity index (χ1n) is 6.74. The molecule has 2 heterocycles. The van der Waals surface area contributed by atoms with E-state index in [0.717, 1.165) is 0 Å². The van der Waals surface area contributed by atoms with E-state index in [1.54, 1.807) is 0 Å². The van der Waals surface area contributed by atoms with Crippen LogP contribution in [0.25, 0.3) is 0 Å². The fourth-order valence-electron chi connectivity index (χ4n) is 2.36. The summed E-state index contributed by atoms with van der Waals surface area (Å²) < 4.78 is 5.16. The molecule has 0 aliphatic carbocycles. The summed E-state index contributed by atoms with van der Waals surface area (Å²) in [5.41, 5.74) is 0.638. The molecular formula is C14H12N2O6S. The summed E-state index contributed by atoms with van der Waals surface area (Å²) in [4.78, 5) is 35.6. The summed E-state index contributed by atoms with van der Waals surface area (Å²) >= 11 is 1.29. The number of aliphatic hydroxyl groups is 1. The fourth-order valence-corrected chi connectivity index (χ4v) is 3.61. The molecule has 1 aromatic carbocycles. The van der Waals surface area contributed by atoms with Gasteiger partial charge in [0.2, 0.25) is 5.91 Å². The zero-order chi connectivity index (χ0) is 16.6. The molecule has 2 aliphatic heterocycles. The summed E-state index contributed by atoms with van der Waals surface area (Å²) in [5, 5.41) is 19.8. The molecule has 1 N–H and O–H groups in total. The van der Waals surface area contributed by atoms with Gasteiger partial charge in [0.05, 0.1) is 23.3 Å². The van der Waals surface area contributed by atoms with Crippen molar-refractivity contribution in [2.45, 2.75) is 18.4 Å². The van der Waals surface area contributed by atoms with Gasteiger partial charge in [-0.15, -0.1) is 0 Å². The van der Waals surface area contributed by atoms with Gasteiger partial charge >= 0.3 is 5.97 Å². The van der Waals surface area contributed by atoms with Gasteiger partial charge in [-0.1, -0.05) is 11.8 Å². The number of fused-ring (bicyclic) bond motifs is 1. The highest BCUT2D eigenvalue weighted by molar-refractivity contribution is 8.04. The molecular weight excluding hydrogens is 324 g/mol. The summed E-state index contributed by atoms with van der Waals surface area (Å²) in [6.07, 6.45) is 0.341. The van der Waals surface area contributed by atoms with Gasteiger partial charge in [0, 0.05) is 17.0 Å². The van der Waals surface area contributed by atoms with E-state index in [2.05, 4.69) is 0 Å². The summed E-state index contributed by atoms with van der Waals surface area (Å²) in [7, 11) is 0. The number of benzene rings is 1. The molecule has 0 unspecified atom stereocenters. The maximum atomic E-state index is 12.2. The Hall–Kier alpha value is -2.39. The minimum absolute atomic E-state index is 0.0495. The van der Waals surface area contributed by atoms with Crippen molar-refractivity contribution >= 4 is 29.3 Å². The van der Waals surface area contributed by atoms with Crippen LogP contribution in [0, 0.1) is 10.1 Å². The number of non-ortho nitro benzene ring substituents is 1. The van der Waals surface area contributed by atoms with Crippen molar-refractivity contribution in [3.63, 3.8) is 0 Å². The van der Waals surface area contributed by atoms with Crippen LogP contribution in [0.3, 0.4) is 0 Å². The molecule has 1 aromatic rings. The van der Waals surface area contributed by atoms with Crippen molar-refractivity contribution in [3.8, 4) is 0 Å². The maximum absolute atomic E-state index is 12.2. The number of nitro benzene ring substituents is 1. The second-order valence-electron chi connectivity index (χ2n) is 4.97. The lowest BCUT2D eigenvalue weighted by Crippen LogP contribution is -2.48. The standard InChI is InChI=1S/C14H12N2O6S/c17-6-10-13(15-11(18)5-12(15)23-10)14(19)22-7-8-1-3-9(4-2-8)16(20)21/h1-4,12,17H,5-7H2/t12-/m0/s1. The van der Waals surface area contributed by atoms with Crippen LogP contribution in [0.2, 0.25) is 0 Å². The third kappa shape index (κ3) is 2.80. The third-order valence-corrected chi connectivity index (χ3v) is 4.80. The van der Waals surface area contributed by atoms with E-state index < -0.39 is 10.9 Å². The SMILES string of the molecule is O=C(OCc1ccc([N+](=O)[O-])cc1)C1=C(CO)S[C@H]2CC(=O)N12. The van der Waals surface area contributed by atoms with E-state index in [1.165, 1.54) is 40.9 Å². The quantitative estimate of drug-likeness (QED) is 0.371. The van der Waals surface area contributed by atoms with Crippen LogP contribution in [0.15, 0.2) is 34.9 Å². The number of carbonyl (C=O) groups excluding carboxylic acids is 2. The molecule has 23 heavy (non-hydrogen) atoms. The van der Waals surface area contributed by atoms with Crippen LogP contribution in [-0.4, -0.2) is 38.8 Å². The van der Waals surface area contributed by atoms with Gasteiger partial charge in [-0.2, -0.15) is 0 Å². The first-order valence-corrected chi connectivity index (χ1v) is 7.62. The molecule has 1 saturated heterocycles. The predicted molar refractivity (Wildman–Crippen MR) is 79.8 cm³/mol. The maximum Gasteiger partial charge on any atom is 0.356 e. The number of esters is 1. The largest absolute Gasteiger partial charge is 0.456 e. The Morgan fingerprint density at radius 1 is 1.43 bits per heavy atom. The second kappa shape index (κ2) is 6.01.